The molecule has 6 atom stereocenters. The number of aliphatic hydroxyl groups is 1. The van der Waals surface area contributed by atoms with E-state index in [2.05, 4.69) is 26.8 Å². The second kappa shape index (κ2) is 4.53. The normalized spacial score (nSPS) is 49.0. The minimum Gasteiger partial charge on any atom is -0.458 e. The highest BCUT2D eigenvalue weighted by molar-refractivity contribution is 5.92. The van der Waals surface area contributed by atoms with Crippen LogP contribution < -0.4 is 0 Å². The molecule has 5 aliphatic rings. The van der Waals surface area contributed by atoms with Crippen molar-refractivity contribution in [3.8, 4) is 0 Å². The van der Waals surface area contributed by atoms with Gasteiger partial charge in [0.15, 0.2) is 0 Å². The second-order valence-electron chi connectivity index (χ2n) is 8.86. The van der Waals surface area contributed by atoms with E-state index >= 15 is 0 Å². The molecule has 1 N–H and O–H groups in total. The van der Waals surface area contributed by atoms with E-state index in [4.69, 9.17) is 9.47 Å². The lowest BCUT2D eigenvalue weighted by atomic mass is 9.47. The second-order valence-corrected chi connectivity index (χ2v) is 8.86. The van der Waals surface area contributed by atoms with E-state index in [9.17, 15) is 9.90 Å². The molecule has 2 aliphatic heterocycles. The summed E-state index contributed by atoms with van der Waals surface area (Å²) in [4.78, 5) is 12.0. The van der Waals surface area contributed by atoms with Crippen molar-refractivity contribution >= 4 is 5.97 Å². The smallest absolute Gasteiger partial charge is 0.334 e. The van der Waals surface area contributed by atoms with Gasteiger partial charge in [0, 0.05) is 16.9 Å². The van der Waals surface area contributed by atoms with Gasteiger partial charge in [-0.1, -0.05) is 26.8 Å². The molecule has 0 spiro atoms. The Bertz CT molecular complexity index is 690. The first-order chi connectivity index (χ1) is 11.4. The van der Waals surface area contributed by atoms with Gasteiger partial charge in [-0.15, -0.1) is 0 Å². The van der Waals surface area contributed by atoms with Crippen LogP contribution in [0.15, 0.2) is 22.8 Å². The lowest BCUT2D eigenvalue weighted by Crippen LogP contribution is -2.64. The molecule has 5 rings (SSSR count). The number of carbonyl (C=O) groups excluding carboxylic acids is 1. The van der Waals surface area contributed by atoms with E-state index in [1.807, 2.05) is 0 Å². The predicted molar refractivity (Wildman–Crippen MR) is 88.1 cm³/mol. The van der Waals surface area contributed by atoms with E-state index in [-0.39, 0.29) is 35.4 Å². The van der Waals surface area contributed by atoms with E-state index in [1.165, 1.54) is 5.57 Å². The highest BCUT2D eigenvalue weighted by Gasteiger charge is 2.71. The summed E-state index contributed by atoms with van der Waals surface area (Å²) in [5, 5.41) is 11.9. The number of epoxide rings is 1. The molecule has 4 heteroatoms. The predicted octanol–water partition coefficient (Wildman–Crippen LogP) is 2.76. The molecule has 0 amide bonds. The summed E-state index contributed by atoms with van der Waals surface area (Å²) < 4.78 is 11.3. The molecule has 1 saturated carbocycles. The summed E-state index contributed by atoms with van der Waals surface area (Å²) in [7, 11) is 0. The molecule has 0 radical (unpaired) electrons. The number of cyclic esters (lactones) is 1. The fraction of sp³-hybridized carbons (Fsp3) is 0.750. The molecular weight excluding hydrogens is 304 g/mol. The maximum atomic E-state index is 12.0. The Hall–Kier alpha value is -1.13. The Balaban J connectivity index is 1.59. The van der Waals surface area contributed by atoms with Crippen LogP contribution in [-0.2, 0) is 14.3 Å². The number of esters is 1. The summed E-state index contributed by atoms with van der Waals surface area (Å²) in [5.41, 5.74) is 2.37. The first-order valence-corrected chi connectivity index (χ1v) is 9.36. The van der Waals surface area contributed by atoms with E-state index in [1.54, 1.807) is 0 Å². The van der Waals surface area contributed by atoms with Crippen molar-refractivity contribution < 1.29 is 19.4 Å². The van der Waals surface area contributed by atoms with E-state index in [0.717, 1.165) is 36.8 Å². The van der Waals surface area contributed by atoms with Crippen LogP contribution in [-0.4, -0.2) is 35.5 Å². The monoisotopic (exact) mass is 330 g/mol. The van der Waals surface area contributed by atoms with Crippen LogP contribution >= 0.6 is 0 Å². The number of hydrogen-bond acceptors (Lipinski definition) is 4. The van der Waals surface area contributed by atoms with Crippen molar-refractivity contribution in [1.82, 2.24) is 0 Å². The van der Waals surface area contributed by atoms with Gasteiger partial charge in [-0.3, -0.25) is 0 Å². The summed E-state index contributed by atoms with van der Waals surface area (Å²) in [6.45, 7) is 7.07. The van der Waals surface area contributed by atoms with Gasteiger partial charge in [0.2, 0.25) is 0 Å². The highest BCUT2D eigenvalue weighted by Crippen LogP contribution is 2.66. The van der Waals surface area contributed by atoms with E-state index in [0.29, 0.717) is 12.5 Å². The van der Waals surface area contributed by atoms with Gasteiger partial charge in [-0.05, 0) is 48.7 Å². The van der Waals surface area contributed by atoms with Crippen LogP contribution in [0, 0.1) is 23.2 Å². The summed E-state index contributed by atoms with van der Waals surface area (Å²) in [6, 6.07) is 0. The summed E-state index contributed by atoms with van der Waals surface area (Å²) in [5.74, 6) is 0.747. The van der Waals surface area contributed by atoms with Gasteiger partial charge in [0.25, 0.3) is 0 Å². The minimum atomic E-state index is -0.816. The first-order valence-electron chi connectivity index (χ1n) is 9.36. The molecule has 3 aliphatic carbocycles. The van der Waals surface area contributed by atoms with E-state index < -0.39 is 5.60 Å². The number of rotatable bonds is 1. The van der Waals surface area contributed by atoms with Gasteiger partial charge in [-0.25, -0.2) is 4.79 Å². The maximum Gasteiger partial charge on any atom is 0.334 e. The van der Waals surface area contributed by atoms with Crippen molar-refractivity contribution in [2.24, 2.45) is 23.2 Å². The van der Waals surface area contributed by atoms with Gasteiger partial charge in [0.05, 0.1) is 0 Å². The first kappa shape index (κ1) is 15.2. The molecule has 130 valence electrons. The molecule has 2 heterocycles. The minimum absolute atomic E-state index is 0.0714. The topological polar surface area (TPSA) is 59.1 Å². The van der Waals surface area contributed by atoms with Gasteiger partial charge in [0.1, 0.15) is 24.4 Å². The number of carbonyl (C=O) groups is 1. The third-order valence-electron chi connectivity index (χ3n) is 7.64. The van der Waals surface area contributed by atoms with Gasteiger partial charge < -0.3 is 14.6 Å². The Kier molecular flexibility index (Phi) is 2.86. The zero-order chi connectivity index (χ0) is 16.9. The molecule has 0 bridgehead atoms. The molecule has 0 aromatic rings. The number of hydrogen-bond donors (Lipinski definition) is 1. The van der Waals surface area contributed by atoms with Crippen LogP contribution in [0.5, 0.6) is 0 Å². The molecule has 6 unspecified atom stereocenters. The van der Waals surface area contributed by atoms with Crippen LogP contribution in [0.2, 0.25) is 0 Å². The molecule has 24 heavy (non-hydrogen) atoms. The zero-order valence-electron chi connectivity index (χ0n) is 14.7. The quantitative estimate of drug-likeness (QED) is 0.456. The average molecular weight is 330 g/mol. The third kappa shape index (κ3) is 1.60. The third-order valence-corrected chi connectivity index (χ3v) is 7.64. The molecule has 1 saturated heterocycles. The van der Waals surface area contributed by atoms with Crippen molar-refractivity contribution in [3.63, 3.8) is 0 Å². The number of ether oxygens (including phenoxy) is 2. The van der Waals surface area contributed by atoms with Crippen molar-refractivity contribution in [2.75, 3.05) is 6.61 Å². The molecular formula is C20H26O4. The number of fused-ring (bicyclic) bond motifs is 6. The fourth-order valence-electron chi connectivity index (χ4n) is 6.22. The largest absolute Gasteiger partial charge is 0.458 e. The summed E-state index contributed by atoms with van der Waals surface area (Å²) >= 11 is 0. The SMILES string of the molecule is CC(C)C1=CC2CCC3C4=C(CCC3(C)C2(O)C2OC12)C(=O)OC4. The zero-order valence-corrected chi connectivity index (χ0v) is 14.7. The van der Waals surface area contributed by atoms with Crippen LogP contribution in [0.1, 0.15) is 46.5 Å². The lowest BCUT2D eigenvalue weighted by Gasteiger charge is -2.59. The van der Waals surface area contributed by atoms with Gasteiger partial charge >= 0.3 is 5.97 Å². The average Bonchev–Trinajstić information content (AvgIpc) is 3.26. The fourth-order valence-corrected chi connectivity index (χ4v) is 6.22. The highest BCUT2D eigenvalue weighted by atomic mass is 16.6. The maximum absolute atomic E-state index is 12.0. The van der Waals surface area contributed by atoms with Crippen molar-refractivity contribution in [1.29, 1.82) is 0 Å². The lowest BCUT2D eigenvalue weighted by molar-refractivity contribution is -0.174. The molecule has 4 nitrogen and oxygen atoms in total. The standard InChI is InChI=1S/C20H26O4/c1-10(2)13-8-11-4-5-15-14-9-23-18(21)12(14)6-7-19(15,3)20(11,22)17-16(13)24-17/h8,10-11,15-17,22H,4-7,9H2,1-3H3. The van der Waals surface area contributed by atoms with Crippen molar-refractivity contribution in [2.45, 2.75) is 64.3 Å². The van der Waals surface area contributed by atoms with Crippen molar-refractivity contribution in [3.05, 3.63) is 22.8 Å². The van der Waals surface area contributed by atoms with Gasteiger partial charge in [-0.2, -0.15) is 0 Å². The molecule has 0 aromatic carbocycles. The van der Waals surface area contributed by atoms with Crippen LogP contribution in [0.25, 0.3) is 0 Å². The molecule has 2 fully saturated rings. The Morgan fingerprint density at radius 2 is 2.12 bits per heavy atom. The Morgan fingerprint density at radius 3 is 2.88 bits per heavy atom. The van der Waals surface area contributed by atoms with Crippen LogP contribution in [0.3, 0.4) is 0 Å². The molecule has 0 aromatic heterocycles. The van der Waals surface area contributed by atoms with Crippen LogP contribution in [0.4, 0.5) is 0 Å². The Morgan fingerprint density at radius 1 is 1.33 bits per heavy atom. The summed E-state index contributed by atoms with van der Waals surface area (Å²) in [6.07, 6.45) is 5.91. The Labute approximate surface area is 142 Å².